The predicted molar refractivity (Wildman–Crippen MR) is 466 cm³/mol. The number of aromatic nitrogens is 1. The van der Waals surface area contributed by atoms with Crippen LogP contribution >= 0.6 is 23.1 Å². The number of aliphatic imine (C=N–C) groups is 1. The molecule has 0 spiro atoms. The summed E-state index contributed by atoms with van der Waals surface area (Å²) in [5.74, 6) is -54.8. The van der Waals surface area contributed by atoms with Crippen molar-refractivity contribution in [1.82, 2.24) is 4.98 Å². The number of benzene rings is 10. The average molecular weight is 2040 g/mol. The predicted octanol–water partition coefficient (Wildman–Crippen LogP) is 4.07. The molecule has 58 heteroatoms. The maximum absolute atomic E-state index is 15.3. The summed E-state index contributed by atoms with van der Waals surface area (Å²) < 4.78 is 84.9. The summed E-state index contributed by atoms with van der Waals surface area (Å²) in [5.41, 5.74) is 6.85. The molecule has 744 valence electrons. The van der Waals surface area contributed by atoms with Gasteiger partial charge in [0.25, 0.3) is 0 Å². The van der Waals surface area contributed by atoms with Gasteiger partial charge < -0.3 is 197 Å². The van der Waals surface area contributed by atoms with E-state index in [0.717, 1.165) is 5.69 Å². The van der Waals surface area contributed by atoms with Gasteiger partial charge in [-0.05, 0) is 121 Å². The number of thioether (sulfide) groups is 1. The molecule has 0 unspecified atom stereocenters. The highest BCUT2D eigenvalue weighted by molar-refractivity contribution is 7.98. The zero-order chi connectivity index (χ0) is 105. The molecule has 33 N–H and O–H groups in total. The van der Waals surface area contributed by atoms with Crippen LogP contribution in [0.1, 0.15) is 116 Å². The molecule has 55 nitrogen and oxygen atoms in total. The van der Waals surface area contributed by atoms with Crippen LogP contribution in [0.4, 0.5) is 5.13 Å². The van der Waals surface area contributed by atoms with E-state index < -0.39 is 335 Å². The topological polar surface area (TPSA) is 954 Å². The molecule has 5 atom stereocenters. The van der Waals surface area contributed by atoms with E-state index in [2.05, 4.69) is 14.4 Å². The average Bonchev–Trinajstić information content (AvgIpc) is 0.795. The zero-order valence-corrected chi connectivity index (χ0v) is 72.7. The molecule has 0 saturated carbocycles. The summed E-state index contributed by atoms with van der Waals surface area (Å²) in [4.78, 5) is 150. The zero-order valence-electron chi connectivity index (χ0n) is 70.3. The first-order chi connectivity index (χ1) is 66.6. The number of rotatable bonds is 28. The van der Waals surface area contributed by atoms with Crippen LogP contribution in [0, 0.1) is 0 Å². The highest BCUT2D eigenvalue weighted by Gasteiger charge is 2.55. The molecule has 0 aliphatic carbocycles. The van der Waals surface area contributed by atoms with Crippen LogP contribution in [-0.4, -0.2) is 256 Å². The molecule has 1 aromatic heterocycles. The van der Waals surface area contributed by atoms with Crippen molar-refractivity contribution in [3.63, 3.8) is 0 Å². The Kier molecular flexibility index (Phi) is 30.6. The quantitative estimate of drug-likeness (QED) is 0.00625. The second-order valence-corrected chi connectivity index (χ2v) is 31.8. The third-order valence-corrected chi connectivity index (χ3v) is 20.9. The molecule has 0 bridgehead atoms. The Balaban J connectivity index is 0.000000857. The molecule has 11 aromatic rings. The number of carbonyl (C=O) groups is 10. The van der Waals surface area contributed by atoms with Crippen molar-refractivity contribution >= 4 is 110 Å². The van der Waals surface area contributed by atoms with Gasteiger partial charge in [0.15, 0.2) is 162 Å². The van der Waals surface area contributed by atoms with Crippen molar-refractivity contribution in [1.29, 1.82) is 0 Å². The minimum Gasteiger partial charge on any atom is -0.504 e. The summed E-state index contributed by atoms with van der Waals surface area (Å²) >= 11 is 2.86. The molecule has 1 fully saturated rings. The highest BCUT2D eigenvalue weighted by atomic mass is 32.2. The molecule has 1 aliphatic heterocycles. The number of phenolic OH excluding ortho intramolecular Hbond substituents is 25. The molecule has 0 radical (unpaired) electrons. The second kappa shape index (κ2) is 42.2. The van der Waals surface area contributed by atoms with Gasteiger partial charge in [-0.15, -0.1) is 15.7 Å². The fourth-order valence-corrected chi connectivity index (χ4v) is 14.0. The van der Waals surface area contributed by atoms with Gasteiger partial charge in [0, 0.05) is 23.3 Å². The van der Waals surface area contributed by atoms with Gasteiger partial charge >= 0.3 is 69.9 Å². The molecule has 2 heterocycles. The van der Waals surface area contributed by atoms with E-state index in [0.29, 0.717) is 144 Å². The standard InChI is InChI=1S/C76H52O46.C8H15N7O2S3/c77-32-1-22(2-33(78)53(32)92)67(103)113-47-16-27(11-42(87)58(47)97)66(102)112-21-52-63(119-72(108)28-12-43(88)59(98)48(17-28)114-68(104)23-3-34(79)54(93)35(80)4-23)64(120-73(109)29-13-44(89)60(99)49(18-29)115-69(105)24-5-36(81)55(94)37(82)6-24)65(121-74(110)30-14-45(90)61(100)50(19-30)116-70(106)25-7-38(83)56(95)39(84)8-25)76(118-52)122-75(111)31-15-46(91)62(101)51(20-31)117-71(107)26-9-40(85)57(96)41(86)10-26;9-6(15-20(12,16)17)1-2-18-3-5-4-19-8(13-5)14-7(10)11/h1-20,52,63-65,76-101H,21H2;4H,1-3H2,(H2,9,15)(H2,12,16,17)(H4,10,11,13,14)/t52-,63-,64+,65-,76+;/m1./s1. The van der Waals surface area contributed by atoms with Crippen LogP contribution in [-0.2, 0) is 44.4 Å². The second-order valence-electron chi connectivity index (χ2n) is 28.7. The minimum atomic E-state index is -3.92. The van der Waals surface area contributed by atoms with E-state index in [9.17, 15) is 170 Å². The molecule has 0 amide bonds. The lowest BCUT2D eigenvalue weighted by atomic mass is 9.97. The number of nitrogens with two attached hydrogens (primary N) is 4. The van der Waals surface area contributed by atoms with E-state index in [-0.39, 0.29) is 11.8 Å². The Morgan fingerprint density at radius 1 is 0.338 bits per heavy atom. The van der Waals surface area contributed by atoms with Crippen LogP contribution in [0.3, 0.4) is 0 Å². The number of aromatic hydroxyl groups is 25. The Labute approximate surface area is 794 Å². The Bertz CT molecular complexity index is 7070. The Morgan fingerprint density at radius 3 is 0.859 bits per heavy atom. The van der Waals surface area contributed by atoms with Crippen molar-refractivity contribution in [2.75, 3.05) is 12.4 Å². The monoisotopic (exact) mass is 2040 g/mol. The van der Waals surface area contributed by atoms with Crippen LogP contribution in [0.2, 0.25) is 0 Å². The SMILES string of the molecule is NC(N)=Nc1nc(CSCC/C(N)=N/S(N)(=O)=O)cs1.O=C(OC[C@H]1O[C@@H](OC(=O)c2cc(O)c(O)c(OC(=O)c3cc(O)c(O)c(O)c3)c2)[C@H](OC(=O)c2cc(O)c(O)c(OC(=O)c3cc(O)c(O)c(O)c3)c2)[C@@H](OC(=O)c2cc(O)c(O)c(OC(=O)c3cc(O)c(O)c(O)c3)c2)[C@@H]1OC(=O)c1cc(O)c(O)c(OC(=O)c2cc(O)c(O)c(O)c2)c1)c1cc(O)c(O)c(OC(=O)c2cc(O)c(O)c(O)c2)c1. The third-order valence-electron chi connectivity index (χ3n) is 18.7. The third kappa shape index (κ3) is 24.2. The number of guanidine groups is 1. The first-order valence-electron chi connectivity index (χ1n) is 38.4. The van der Waals surface area contributed by atoms with Gasteiger partial charge in [-0.1, -0.05) is 0 Å². The molecular formula is C84H67N7O48S3. The summed E-state index contributed by atoms with van der Waals surface area (Å²) in [6.45, 7) is -1.71. The van der Waals surface area contributed by atoms with Crippen molar-refractivity contribution in [3.05, 3.63) is 188 Å². The van der Waals surface area contributed by atoms with Gasteiger partial charge in [-0.25, -0.2) is 58.1 Å². The Morgan fingerprint density at radius 2 is 0.585 bits per heavy atom. The first-order valence-corrected chi connectivity index (χ1v) is 42.0. The molecule has 12 rings (SSSR count). The fourth-order valence-electron chi connectivity index (χ4n) is 11.9. The molecule has 142 heavy (non-hydrogen) atoms. The summed E-state index contributed by atoms with van der Waals surface area (Å²) in [7, 11) is -3.92. The maximum atomic E-state index is 15.3. The van der Waals surface area contributed by atoms with Gasteiger partial charge in [-0.2, -0.15) is 25.2 Å². The number of hydrogen-bond acceptors (Lipinski definition) is 52. The van der Waals surface area contributed by atoms with Gasteiger partial charge in [0.1, 0.15) is 18.5 Å². The van der Waals surface area contributed by atoms with Gasteiger partial charge in [0.2, 0.25) is 46.3 Å². The Hall–Kier alpha value is -19.5. The number of carbonyl (C=O) groups excluding carboxylic acids is 10. The number of esters is 10. The van der Waals surface area contributed by atoms with Crippen LogP contribution in [0.25, 0.3) is 0 Å². The van der Waals surface area contributed by atoms with E-state index in [1.165, 1.54) is 23.1 Å². The van der Waals surface area contributed by atoms with E-state index >= 15 is 14.4 Å². The number of amidine groups is 1. The van der Waals surface area contributed by atoms with Gasteiger partial charge in [0.05, 0.1) is 61.3 Å². The van der Waals surface area contributed by atoms with Gasteiger partial charge in [-0.3, -0.25) is 0 Å². The molecule has 1 aliphatic rings. The lowest BCUT2D eigenvalue weighted by Crippen LogP contribution is -2.63. The fraction of sp³-hybridized carbons (Fsp3) is 0.107. The molecule has 10 aromatic carbocycles. The number of hydrogen-bond donors (Lipinski definition) is 29. The van der Waals surface area contributed by atoms with Crippen LogP contribution in [0.15, 0.2) is 136 Å². The summed E-state index contributed by atoms with van der Waals surface area (Å²) in [6, 6.07) is 8.56. The highest BCUT2D eigenvalue weighted by Crippen LogP contribution is 2.48. The van der Waals surface area contributed by atoms with Crippen molar-refractivity contribution in [3.8, 4) is 172 Å². The van der Waals surface area contributed by atoms with Crippen molar-refractivity contribution in [2.45, 2.75) is 42.9 Å². The van der Waals surface area contributed by atoms with Crippen molar-refractivity contribution < 1.29 is 236 Å². The minimum absolute atomic E-state index is 0.0144. The van der Waals surface area contributed by atoms with Crippen LogP contribution < -0.4 is 46.0 Å². The molecule has 1 saturated heterocycles. The lowest BCUT2D eigenvalue weighted by molar-refractivity contribution is -0.282. The van der Waals surface area contributed by atoms with E-state index in [1.807, 2.05) is 5.38 Å². The number of thiazole rings is 1. The lowest BCUT2D eigenvalue weighted by Gasteiger charge is -2.43. The molecular weight excluding hydrogens is 1970 g/mol. The van der Waals surface area contributed by atoms with E-state index in [1.54, 1.807) is 0 Å². The van der Waals surface area contributed by atoms with Crippen molar-refractivity contribution in [2.24, 2.45) is 31.7 Å². The normalized spacial score (nSPS) is 14.3. The smallest absolute Gasteiger partial charge is 0.343 e. The largest absolute Gasteiger partial charge is 0.504 e. The van der Waals surface area contributed by atoms with E-state index in [4.69, 9.17) is 74.4 Å². The number of phenols is 25. The summed E-state index contributed by atoms with van der Waals surface area (Å²) in [6.07, 6.45) is -14.7. The number of ether oxygens (including phenoxy) is 11. The van der Waals surface area contributed by atoms with Crippen LogP contribution in [0.5, 0.6) is 172 Å². The first kappa shape index (κ1) is 103. The number of nitrogens with zero attached hydrogens (tertiary/aromatic N) is 3. The maximum Gasteiger partial charge on any atom is 0.343 e. The summed E-state index contributed by atoms with van der Waals surface area (Å²) in [5, 5.41) is 268.